The van der Waals surface area contributed by atoms with Crippen molar-refractivity contribution in [1.29, 1.82) is 1.43 Å². The normalized spacial score (nSPS) is 33.5. The van der Waals surface area contributed by atoms with Crippen LogP contribution >= 0.6 is 0 Å². The van der Waals surface area contributed by atoms with E-state index >= 15 is 0 Å². The lowest BCUT2D eigenvalue weighted by Gasteiger charge is -2.05. The molecule has 0 radical (unpaired) electrons. The van der Waals surface area contributed by atoms with E-state index in [1.54, 1.807) is 0 Å². The van der Waals surface area contributed by atoms with Crippen LogP contribution in [0.1, 0.15) is 6.42 Å². The minimum absolute atomic E-state index is 0.181. The summed E-state index contributed by atoms with van der Waals surface area (Å²) in [6.07, 6.45) is 0.343. The van der Waals surface area contributed by atoms with Gasteiger partial charge in [0.25, 0.3) is 0 Å². The van der Waals surface area contributed by atoms with Crippen LogP contribution in [0.15, 0.2) is 0 Å². The Morgan fingerprint density at radius 2 is 2.80 bits per heavy atom. The summed E-state index contributed by atoms with van der Waals surface area (Å²) in [5, 5.41) is 7.20. The molecular formula is C6H11NO3. The molecule has 1 fully saturated rings. The minimum atomic E-state index is -0.296. The zero-order valence-corrected chi connectivity index (χ0v) is 5.79. The first kappa shape index (κ1) is 6.12. The highest BCUT2D eigenvalue weighted by Crippen LogP contribution is 2.06. The number of carbonyl (C=O) groups is 1. The number of esters is 1. The largest absolute Gasteiger partial charge is 0.468 e. The van der Waals surface area contributed by atoms with Gasteiger partial charge in [0, 0.05) is 13.0 Å². The summed E-state index contributed by atoms with van der Waals surface area (Å²) in [7, 11) is 1.35. The van der Waals surface area contributed by atoms with Gasteiger partial charge in [-0.3, -0.25) is 4.79 Å². The van der Waals surface area contributed by atoms with Crippen molar-refractivity contribution >= 4 is 5.97 Å². The first-order valence-corrected chi connectivity index (χ1v) is 3.21. The Morgan fingerprint density at radius 1 is 2.00 bits per heavy atom. The summed E-state index contributed by atoms with van der Waals surface area (Å²) < 4.78 is 11.1. The SMILES string of the molecule is [2H]OC1CN[C@H](C(=O)OC)C1. The second-order valence-electron chi connectivity index (χ2n) is 2.34. The van der Waals surface area contributed by atoms with E-state index in [0.29, 0.717) is 13.0 Å². The number of aliphatic hydroxyl groups excluding tert-OH is 1. The van der Waals surface area contributed by atoms with Crippen LogP contribution in [-0.2, 0) is 9.53 Å². The van der Waals surface area contributed by atoms with Gasteiger partial charge in [-0.05, 0) is 0 Å². The van der Waals surface area contributed by atoms with Gasteiger partial charge in [-0.15, -0.1) is 0 Å². The van der Waals surface area contributed by atoms with E-state index in [4.69, 9.17) is 1.43 Å². The Hall–Kier alpha value is -0.610. The van der Waals surface area contributed by atoms with Crippen LogP contribution in [-0.4, -0.2) is 38.3 Å². The van der Waals surface area contributed by atoms with Gasteiger partial charge in [0.1, 0.15) is 6.04 Å². The number of hydrogen-bond donors (Lipinski definition) is 2. The highest BCUT2D eigenvalue weighted by molar-refractivity contribution is 5.76. The fourth-order valence-corrected chi connectivity index (χ4v) is 1.03. The standard InChI is InChI=1S/C6H11NO3/c1-10-6(9)5-2-4(8)3-7-5/h4-5,7-8H,2-3H2,1H3/t4?,5-/m0/s1/i8D. The van der Waals surface area contributed by atoms with Gasteiger partial charge >= 0.3 is 5.97 Å². The van der Waals surface area contributed by atoms with Crippen LogP contribution in [0.3, 0.4) is 0 Å². The third kappa shape index (κ3) is 1.46. The quantitative estimate of drug-likeness (QED) is 0.485. The average Bonchev–Trinajstić information content (AvgIpc) is 2.50. The summed E-state index contributed by atoms with van der Waals surface area (Å²) in [5.41, 5.74) is 0. The summed E-state index contributed by atoms with van der Waals surface area (Å²) in [4.78, 5) is 10.9. The lowest BCUT2D eigenvalue weighted by molar-refractivity contribution is -0.142. The van der Waals surface area contributed by atoms with E-state index < -0.39 is 0 Å². The fraction of sp³-hybridized carbons (Fsp3) is 0.833. The first-order valence-electron chi connectivity index (χ1n) is 3.62. The molecule has 1 saturated heterocycles. The minimum Gasteiger partial charge on any atom is -0.468 e. The second kappa shape index (κ2) is 2.98. The van der Waals surface area contributed by atoms with E-state index in [1.807, 2.05) is 0 Å². The maximum absolute atomic E-state index is 10.9. The molecule has 2 atom stereocenters. The van der Waals surface area contributed by atoms with E-state index in [-0.39, 0.29) is 18.1 Å². The van der Waals surface area contributed by atoms with Gasteiger partial charge < -0.3 is 15.2 Å². The van der Waals surface area contributed by atoms with Gasteiger partial charge in [0.2, 0.25) is 1.43 Å². The van der Waals surface area contributed by atoms with Crippen LogP contribution in [0, 0.1) is 0 Å². The number of rotatable bonds is 2. The monoisotopic (exact) mass is 146 g/mol. The summed E-state index contributed by atoms with van der Waals surface area (Å²) in [6, 6.07) is -0.296. The van der Waals surface area contributed by atoms with E-state index in [0.717, 1.165) is 0 Å². The van der Waals surface area contributed by atoms with Crippen LogP contribution in [0.4, 0.5) is 0 Å². The molecule has 1 aliphatic heterocycles. The smallest absolute Gasteiger partial charge is 0.322 e. The third-order valence-corrected chi connectivity index (χ3v) is 1.58. The van der Waals surface area contributed by atoms with Crippen molar-refractivity contribution < 1.29 is 14.6 Å². The zero-order valence-electron chi connectivity index (χ0n) is 6.79. The Labute approximate surface area is 60.7 Å². The van der Waals surface area contributed by atoms with Crippen molar-refractivity contribution in [3.8, 4) is 0 Å². The lowest BCUT2D eigenvalue weighted by Crippen LogP contribution is -2.31. The number of nitrogens with one attached hydrogen (secondary N) is 1. The summed E-state index contributed by atoms with van der Waals surface area (Å²) >= 11 is 0. The summed E-state index contributed by atoms with van der Waals surface area (Å²) in [5.74, 6) is -0.287. The number of ether oxygens (including phenoxy) is 1. The molecule has 0 spiro atoms. The first-order chi connectivity index (χ1) is 5.27. The average molecular weight is 146 g/mol. The van der Waals surface area contributed by atoms with Crippen molar-refractivity contribution in [2.75, 3.05) is 13.7 Å². The molecule has 0 aliphatic carbocycles. The van der Waals surface area contributed by atoms with E-state index in [9.17, 15) is 4.79 Å². The Kier molecular flexibility index (Phi) is 1.83. The molecule has 4 heteroatoms. The molecule has 4 nitrogen and oxygen atoms in total. The van der Waals surface area contributed by atoms with Gasteiger partial charge in [0.05, 0.1) is 13.2 Å². The predicted molar refractivity (Wildman–Crippen MR) is 34.4 cm³/mol. The van der Waals surface area contributed by atoms with Crippen LogP contribution in [0.25, 0.3) is 0 Å². The molecule has 0 aromatic carbocycles. The molecule has 1 rings (SSSR count). The second-order valence-corrected chi connectivity index (χ2v) is 2.34. The maximum atomic E-state index is 10.9. The Balaban J connectivity index is 2.35. The van der Waals surface area contributed by atoms with Gasteiger partial charge in [-0.1, -0.05) is 0 Å². The van der Waals surface area contributed by atoms with Gasteiger partial charge in [0.15, 0.2) is 0 Å². The number of aliphatic hydroxyl groups is 1. The molecular weight excluding hydrogens is 134 g/mol. The molecule has 0 aromatic heterocycles. The van der Waals surface area contributed by atoms with Crippen LogP contribution in [0.5, 0.6) is 0 Å². The number of hydrogen-bond acceptors (Lipinski definition) is 4. The Bertz CT molecular complexity index is 153. The van der Waals surface area contributed by atoms with Gasteiger partial charge in [-0.2, -0.15) is 0 Å². The van der Waals surface area contributed by atoms with Crippen molar-refractivity contribution in [3.05, 3.63) is 0 Å². The molecule has 58 valence electrons. The van der Waals surface area contributed by atoms with E-state index in [2.05, 4.69) is 15.2 Å². The van der Waals surface area contributed by atoms with Crippen molar-refractivity contribution in [2.45, 2.75) is 18.6 Å². The summed E-state index contributed by atoms with van der Waals surface area (Å²) in [6.45, 7) is 0.545. The van der Waals surface area contributed by atoms with Crippen molar-refractivity contribution in [3.63, 3.8) is 0 Å². The third-order valence-electron chi connectivity index (χ3n) is 1.58. The molecule has 0 aromatic rings. The number of carbonyl (C=O) groups excluding carboxylic acids is 1. The van der Waals surface area contributed by atoms with Crippen LogP contribution < -0.4 is 5.32 Å². The molecule has 0 saturated carbocycles. The highest BCUT2D eigenvalue weighted by Gasteiger charge is 2.28. The number of β-amino-alcohol motifs (C(OH)–C–C–N with tert-alkyl or cyclic N) is 1. The number of methoxy groups -OCH3 is 1. The lowest BCUT2D eigenvalue weighted by atomic mass is 10.2. The Morgan fingerprint density at radius 3 is 3.30 bits per heavy atom. The zero-order chi connectivity index (χ0) is 8.27. The molecule has 0 bridgehead atoms. The maximum Gasteiger partial charge on any atom is 0.322 e. The molecule has 0 amide bonds. The molecule has 1 unspecified atom stereocenters. The van der Waals surface area contributed by atoms with Crippen molar-refractivity contribution in [1.82, 2.24) is 5.32 Å². The predicted octanol–water partition coefficient (Wildman–Crippen LogP) is -1.12. The molecule has 1 heterocycles. The van der Waals surface area contributed by atoms with Gasteiger partial charge in [-0.25, -0.2) is 0 Å². The fourth-order valence-electron chi connectivity index (χ4n) is 1.03. The molecule has 1 aliphatic rings. The molecule has 2 N–H and O–H groups in total. The highest BCUT2D eigenvalue weighted by atomic mass is 16.5. The van der Waals surface area contributed by atoms with E-state index in [1.165, 1.54) is 7.11 Å². The van der Waals surface area contributed by atoms with Crippen molar-refractivity contribution in [2.24, 2.45) is 0 Å². The molecule has 10 heavy (non-hydrogen) atoms. The topological polar surface area (TPSA) is 58.6 Å². The van der Waals surface area contributed by atoms with Crippen LogP contribution in [0.2, 0.25) is 0 Å².